The fourth-order valence-corrected chi connectivity index (χ4v) is 2.35. The van der Waals surface area contributed by atoms with E-state index in [-0.39, 0.29) is 21.6 Å². The van der Waals surface area contributed by atoms with E-state index in [4.69, 9.17) is 3.07 Å². The van der Waals surface area contributed by atoms with Gasteiger partial charge in [-0.2, -0.15) is 0 Å². The van der Waals surface area contributed by atoms with Crippen molar-refractivity contribution >= 4 is 0 Å². The van der Waals surface area contributed by atoms with Crippen LogP contribution in [0.15, 0.2) is 11.3 Å². The van der Waals surface area contributed by atoms with Crippen LogP contribution in [0, 0.1) is 0 Å². The Morgan fingerprint density at radius 1 is 1.57 bits per heavy atom. The van der Waals surface area contributed by atoms with Crippen LogP contribution < -0.4 is 21.6 Å². The molecule has 0 amide bonds. The maximum absolute atomic E-state index is 5.25. The van der Waals surface area contributed by atoms with Gasteiger partial charge < -0.3 is 0 Å². The van der Waals surface area contributed by atoms with Crippen LogP contribution in [0.3, 0.4) is 0 Å². The van der Waals surface area contributed by atoms with E-state index in [1.165, 1.54) is 15.8 Å². The van der Waals surface area contributed by atoms with E-state index in [1.807, 2.05) is 6.92 Å². The SMILES string of the molecule is CC1=C(C)O[I-]C1. The van der Waals surface area contributed by atoms with Crippen molar-refractivity contribution in [1.82, 2.24) is 0 Å². The first-order chi connectivity index (χ1) is 3.30. The van der Waals surface area contributed by atoms with Gasteiger partial charge in [0.15, 0.2) is 0 Å². The van der Waals surface area contributed by atoms with Gasteiger partial charge in [0.2, 0.25) is 0 Å². The molecule has 0 saturated heterocycles. The molecule has 0 bridgehead atoms. The van der Waals surface area contributed by atoms with Crippen LogP contribution in [-0.2, 0) is 3.07 Å². The van der Waals surface area contributed by atoms with Crippen molar-refractivity contribution in [2.45, 2.75) is 13.8 Å². The van der Waals surface area contributed by atoms with Crippen molar-refractivity contribution in [3.63, 3.8) is 0 Å². The van der Waals surface area contributed by atoms with E-state index < -0.39 is 0 Å². The summed E-state index contributed by atoms with van der Waals surface area (Å²) in [5, 5.41) is 0. The summed E-state index contributed by atoms with van der Waals surface area (Å²) in [4.78, 5) is 0. The van der Waals surface area contributed by atoms with Gasteiger partial charge in [-0.15, -0.1) is 0 Å². The van der Waals surface area contributed by atoms with E-state index in [0.29, 0.717) is 0 Å². The van der Waals surface area contributed by atoms with E-state index in [2.05, 4.69) is 6.92 Å². The number of hydrogen-bond donors (Lipinski definition) is 0. The summed E-state index contributed by atoms with van der Waals surface area (Å²) in [6.07, 6.45) is 0. The molecule has 0 radical (unpaired) electrons. The van der Waals surface area contributed by atoms with Crippen LogP contribution in [-0.4, -0.2) is 4.43 Å². The normalized spacial score (nSPS) is 21.4. The Morgan fingerprint density at radius 3 is 2.43 bits per heavy atom. The molecule has 1 rings (SSSR count). The van der Waals surface area contributed by atoms with Gasteiger partial charge >= 0.3 is 54.3 Å². The molecule has 1 heterocycles. The molecule has 7 heavy (non-hydrogen) atoms. The van der Waals surface area contributed by atoms with Gasteiger partial charge in [0, 0.05) is 0 Å². The van der Waals surface area contributed by atoms with Crippen LogP contribution >= 0.6 is 0 Å². The minimum absolute atomic E-state index is 0.0877. The molecular formula is C5H8IO-. The number of halogens is 1. The standard InChI is InChI=1S/C5H8IO/c1-4-3-6-7-5(4)2/h3H2,1-2H3/q-1. The van der Waals surface area contributed by atoms with Crippen molar-refractivity contribution in [3.8, 4) is 0 Å². The molecular weight excluding hydrogens is 203 g/mol. The third kappa shape index (κ3) is 1.08. The molecule has 0 spiro atoms. The van der Waals surface area contributed by atoms with Crippen LogP contribution in [0.5, 0.6) is 0 Å². The van der Waals surface area contributed by atoms with E-state index in [0.717, 1.165) is 0 Å². The molecule has 0 aromatic heterocycles. The summed E-state index contributed by atoms with van der Waals surface area (Å²) in [7, 11) is 0. The number of hydrogen-bond acceptors (Lipinski definition) is 1. The maximum atomic E-state index is 5.25. The Balaban J connectivity index is 2.64. The summed E-state index contributed by atoms with van der Waals surface area (Å²) in [5.41, 5.74) is 1.45. The van der Waals surface area contributed by atoms with Gasteiger partial charge in [-0.1, -0.05) is 0 Å². The third-order valence-electron chi connectivity index (χ3n) is 1.03. The zero-order valence-corrected chi connectivity index (χ0v) is 6.65. The number of alkyl halides is 1. The van der Waals surface area contributed by atoms with E-state index >= 15 is 0 Å². The fraction of sp³-hybridized carbons (Fsp3) is 0.600. The molecule has 0 N–H and O–H groups in total. The fourth-order valence-electron chi connectivity index (χ4n) is 0.351. The van der Waals surface area contributed by atoms with Gasteiger partial charge in [0.25, 0.3) is 0 Å². The number of allylic oxidation sites excluding steroid dienone is 2. The predicted octanol–water partition coefficient (Wildman–Crippen LogP) is -1.69. The van der Waals surface area contributed by atoms with Crippen LogP contribution in [0.1, 0.15) is 13.8 Å². The Labute approximate surface area is 54.6 Å². The molecule has 0 aromatic rings. The molecule has 2 heteroatoms. The van der Waals surface area contributed by atoms with Crippen molar-refractivity contribution in [3.05, 3.63) is 11.3 Å². The molecule has 0 unspecified atom stereocenters. The second-order valence-corrected chi connectivity index (χ2v) is 3.48. The molecule has 0 fully saturated rings. The Hall–Kier alpha value is 0.270. The van der Waals surface area contributed by atoms with Gasteiger partial charge in [-0.3, -0.25) is 0 Å². The van der Waals surface area contributed by atoms with Crippen LogP contribution in [0.4, 0.5) is 0 Å². The minimum atomic E-state index is 0.0877. The summed E-state index contributed by atoms with van der Waals surface area (Å²) < 4.78 is 6.50. The third-order valence-corrected chi connectivity index (χ3v) is 3.45. The molecule has 1 aliphatic heterocycles. The average molecular weight is 211 g/mol. The molecule has 0 aromatic carbocycles. The first-order valence-electron chi connectivity index (χ1n) is 2.23. The van der Waals surface area contributed by atoms with Crippen molar-refractivity contribution in [2.75, 3.05) is 4.43 Å². The predicted molar refractivity (Wildman–Crippen MR) is 24.3 cm³/mol. The summed E-state index contributed by atoms with van der Waals surface area (Å²) in [5.74, 6) is 1.17. The first kappa shape index (κ1) is 5.41. The van der Waals surface area contributed by atoms with Crippen LogP contribution in [0.2, 0.25) is 0 Å². The van der Waals surface area contributed by atoms with Gasteiger partial charge in [-0.25, -0.2) is 0 Å². The van der Waals surface area contributed by atoms with Crippen molar-refractivity contribution < 1.29 is 24.7 Å². The number of rotatable bonds is 0. The second kappa shape index (κ2) is 2.03. The monoisotopic (exact) mass is 211 g/mol. The molecule has 1 aliphatic rings. The van der Waals surface area contributed by atoms with E-state index in [1.54, 1.807) is 0 Å². The van der Waals surface area contributed by atoms with Gasteiger partial charge in [0.1, 0.15) is 0 Å². The summed E-state index contributed by atoms with van der Waals surface area (Å²) in [6.45, 7) is 4.18. The average Bonchev–Trinajstić information content (AvgIpc) is 1.91. The molecule has 42 valence electrons. The topological polar surface area (TPSA) is 9.23 Å². The van der Waals surface area contributed by atoms with Crippen molar-refractivity contribution in [1.29, 1.82) is 0 Å². The zero-order chi connectivity index (χ0) is 5.28. The first-order valence-corrected chi connectivity index (χ1v) is 4.64. The molecule has 1 nitrogen and oxygen atoms in total. The zero-order valence-electron chi connectivity index (χ0n) is 4.49. The molecule has 0 saturated carbocycles. The second-order valence-electron chi connectivity index (χ2n) is 1.66. The summed E-state index contributed by atoms with van der Waals surface area (Å²) in [6, 6.07) is 0. The van der Waals surface area contributed by atoms with E-state index in [9.17, 15) is 0 Å². The Bertz CT molecular complexity index is 94.6. The van der Waals surface area contributed by atoms with Crippen LogP contribution in [0.25, 0.3) is 0 Å². The Morgan fingerprint density at radius 2 is 2.29 bits per heavy atom. The molecule has 0 atom stereocenters. The molecule has 0 aliphatic carbocycles. The van der Waals surface area contributed by atoms with Gasteiger partial charge in [0.05, 0.1) is 0 Å². The van der Waals surface area contributed by atoms with Gasteiger partial charge in [-0.05, 0) is 0 Å². The summed E-state index contributed by atoms with van der Waals surface area (Å²) >= 11 is 0.0877. The Kier molecular flexibility index (Phi) is 1.57. The quantitative estimate of drug-likeness (QED) is 0.343. The van der Waals surface area contributed by atoms with Crippen molar-refractivity contribution in [2.24, 2.45) is 0 Å².